The molecule has 20 heavy (non-hydrogen) atoms. The smallest absolute Gasteiger partial charge is 0.0560 e. The molecule has 1 atom stereocenters. The van der Waals surface area contributed by atoms with Crippen LogP contribution in [0.1, 0.15) is 22.7 Å². The Bertz CT molecular complexity index is 764. The first-order valence-electron chi connectivity index (χ1n) is 6.67. The molecule has 3 aromatic carbocycles. The maximum atomic E-state index is 6.49. The molecular weight excluding hydrogens is 266 g/mol. The third-order valence-corrected chi connectivity index (χ3v) is 4.09. The zero-order valence-electron chi connectivity index (χ0n) is 11.3. The van der Waals surface area contributed by atoms with Gasteiger partial charge in [-0.05, 0) is 35.1 Å². The molecule has 3 rings (SSSR count). The highest BCUT2D eigenvalue weighted by atomic mass is 35.5. The molecule has 0 aliphatic carbocycles. The summed E-state index contributed by atoms with van der Waals surface area (Å²) in [5.74, 6) is 0. The molecule has 0 aliphatic rings. The summed E-state index contributed by atoms with van der Waals surface area (Å²) in [5, 5.41) is 2.94. The Labute approximate surface area is 124 Å². The molecule has 0 aliphatic heterocycles. The minimum absolute atomic E-state index is 0.140. The van der Waals surface area contributed by atoms with Gasteiger partial charge in [-0.25, -0.2) is 0 Å². The van der Waals surface area contributed by atoms with Crippen molar-refractivity contribution in [1.29, 1.82) is 0 Å². The highest BCUT2D eigenvalue weighted by Crippen LogP contribution is 2.32. The second-order valence-corrected chi connectivity index (χ2v) is 5.42. The summed E-state index contributed by atoms with van der Waals surface area (Å²) in [7, 11) is 0. The van der Waals surface area contributed by atoms with Crippen molar-refractivity contribution in [1.82, 2.24) is 0 Å². The van der Waals surface area contributed by atoms with Gasteiger partial charge in [0.25, 0.3) is 0 Å². The Hall–Kier alpha value is -1.83. The van der Waals surface area contributed by atoms with E-state index in [0.717, 1.165) is 26.9 Å². The van der Waals surface area contributed by atoms with Gasteiger partial charge in [0.15, 0.2) is 0 Å². The number of nitrogens with two attached hydrogens (primary N) is 1. The van der Waals surface area contributed by atoms with Crippen molar-refractivity contribution in [2.24, 2.45) is 5.73 Å². The van der Waals surface area contributed by atoms with Gasteiger partial charge in [-0.2, -0.15) is 0 Å². The van der Waals surface area contributed by atoms with E-state index in [1.807, 2.05) is 42.5 Å². The van der Waals surface area contributed by atoms with E-state index in [-0.39, 0.29) is 6.04 Å². The summed E-state index contributed by atoms with van der Waals surface area (Å²) in [5.41, 5.74) is 9.96. The molecule has 0 amide bonds. The van der Waals surface area contributed by atoms with Gasteiger partial charge in [-0.3, -0.25) is 0 Å². The fourth-order valence-corrected chi connectivity index (χ4v) is 2.89. The van der Waals surface area contributed by atoms with E-state index in [1.165, 1.54) is 5.56 Å². The van der Waals surface area contributed by atoms with Crippen molar-refractivity contribution in [2.45, 2.75) is 13.0 Å². The second-order valence-electron chi connectivity index (χ2n) is 5.02. The lowest BCUT2D eigenvalue weighted by Gasteiger charge is -2.18. The van der Waals surface area contributed by atoms with Crippen LogP contribution in [-0.4, -0.2) is 0 Å². The first-order chi connectivity index (χ1) is 9.68. The van der Waals surface area contributed by atoms with Crippen LogP contribution in [0.15, 0.2) is 60.7 Å². The molecule has 0 heterocycles. The standard InChI is InChI=1S/C18H16ClN/c1-12-6-2-3-7-13(12)18(20)16-10-11-17(19)15-9-5-4-8-14(15)16/h2-11,18H,20H2,1H3. The first kappa shape index (κ1) is 13.2. The third-order valence-electron chi connectivity index (χ3n) is 3.76. The predicted molar refractivity (Wildman–Crippen MR) is 86.2 cm³/mol. The molecule has 2 heteroatoms. The number of hydrogen-bond donors (Lipinski definition) is 1. The average molecular weight is 282 g/mol. The summed E-state index contributed by atoms with van der Waals surface area (Å²) in [6.07, 6.45) is 0. The van der Waals surface area contributed by atoms with Crippen molar-refractivity contribution in [3.8, 4) is 0 Å². The highest BCUT2D eigenvalue weighted by molar-refractivity contribution is 6.35. The minimum Gasteiger partial charge on any atom is -0.320 e. The molecule has 0 radical (unpaired) electrons. The zero-order valence-corrected chi connectivity index (χ0v) is 12.1. The Morgan fingerprint density at radius 3 is 2.20 bits per heavy atom. The van der Waals surface area contributed by atoms with Crippen LogP contribution < -0.4 is 5.73 Å². The third kappa shape index (κ3) is 2.20. The fraction of sp³-hybridized carbons (Fsp3) is 0.111. The number of halogens is 1. The van der Waals surface area contributed by atoms with E-state index in [1.54, 1.807) is 0 Å². The van der Waals surface area contributed by atoms with E-state index in [4.69, 9.17) is 17.3 Å². The number of benzene rings is 3. The van der Waals surface area contributed by atoms with Crippen LogP contribution in [0.3, 0.4) is 0 Å². The number of rotatable bonds is 2. The fourth-order valence-electron chi connectivity index (χ4n) is 2.66. The average Bonchev–Trinajstić information content (AvgIpc) is 2.48. The minimum atomic E-state index is -0.140. The summed E-state index contributed by atoms with van der Waals surface area (Å²) >= 11 is 6.27. The number of hydrogen-bond acceptors (Lipinski definition) is 1. The molecule has 0 aromatic heterocycles. The Morgan fingerprint density at radius 1 is 0.800 bits per heavy atom. The van der Waals surface area contributed by atoms with E-state index < -0.39 is 0 Å². The maximum absolute atomic E-state index is 6.49. The molecule has 100 valence electrons. The highest BCUT2D eigenvalue weighted by Gasteiger charge is 2.14. The van der Waals surface area contributed by atoms with E-state index in [2.05, 4.69) is 25.1 Å². The molecule has 1 nitrogen and oxygen atoms in total. The van der Waals surface area contributed by atoms with Crippen molar-refractivity contribution in [3.05, 3.63) is 82.4 Å². The van der Waals surface area contributed by atoms with Crippen molar-refractivity contribution in [2.75, 3.05) is 0 Å². The van der Waals surface area contributed by atoms with Crippen LogP contribution in [-0.2, 0) is 0 Å². The molecular formula is C18H16ClN. The van der Waals surface area contributed by atoms with Gasteiger partial charge < -0.3 is 5.73 Å². The van der Waals surface area contributed by atoms with Crippen LogP contribution in [0.25, 0.3) is 10.8 Å². The molecule has 0 bridgehead atoms. The van der Waals surface area contributed by atoms with Crippen LogP contribution in [0.4, 0.5) is 0 Å². The van der Waals surface area contributed by atoms with E-state index in [9.17, 15) is 0 Å². The van der Waals surface area contributed by atoms with Gasteiger partial charge in [-0.1, -0.05) is 66.2 Å². The van der Waals surface area contributed by atoms with Gasteiger partial charge >= 0.3 is 0 Å². The quantitative estimate of drug-likeness (QED) is 0.714. The van der Waals surface area contributed by atoms with E-state index in [0.29, 0.717) is 0 Å². The molecule has 0 saturated heterocycles. The van der Waals surface area contributed by atoms with Crippen molar-refractivity contribution < 1.29 is 0 Å². The topological polar surface area (TPSA) is 26.0 Å². The van der Waals surface area contributed by atoms with Gasteiger partial charge in [-0.15, -0.1) is 0 Å². The van der Waals surface area contributed by atoms with Crippen molar-refractivity contribution in [3.63, 3.8) is 0 Å². The number of fused-ring (bicyclic) bond motifs is 1. The van der Waals surface area contributed by atoms with Crippen molar-refractivity contribution >= 4 is 22.4 Å². The summed E-state index contributed by atoms with van der Waals surface area (Å²) in [6, 6.07) is 20.2. The molecule has 0 saturated carbocycles. The lowest BCUT2D eigenvalue weighted by atomic mass is 9.92. The predicted octanol–water partition coefficient (Wildman–Crippen LogP) is 4.85. The van der Waals surface area contributed by atoms with Crippen LogP contribution in [0, 0.1) is 6.92 Å². The van der Waals surface area contributed by atoms with Gasteiger partial charge in [0.1, 0.15) is 0 Å². The Balaban J connectivity index is 2.20. The first-order valence-corrected chi connectivity index (χ1v) is 7.04. The lowest BCUT2D eigenvalue weighted by Crippen LogP contribution is -2.13. The molecule has 3 aromatic rings. The molecule has 2 N–H and O–H groups in total. The van der Waals surface area contributed by atoms with Gasteiger partial charge in [0, 0.05) is 10.4 Å². The summed E-state index contributed by atoms with van der Waals surface area (Å²) in [6.45, 7) is 2.09. The van der Waals surface area contributed by atoms with Gasteiger partial charge in [0.2, 0.25) is 0 Å². The normalized spacial score (nSPS) is 12.6. The second kappa shape index (κ2) is 5.28. The summed E-state index contributed by atoms with van der Waals surface area (Å²) < 4.78 is 0. The zero-order chi connectivity index (χ0) is 14.1. The van der Waals surface area contributed by atoms with E-state index >= 15 is 0 Å². The molecule has 0 fully saturated rings. The Kier molecular flexibility index (Phi) is 3.47. The largest absolute Gasteiger partial charge is 0.320 e. The molecule has 0 spiro atoms. The van der Waals surface area contributed by atoms with Crippen LogP contribution in [0.2, 0.25) is 5.02 Å². The van der Waals surface area contributed by atoms with Gasteiger partial charge in [0.05, 0.1) is 6.04 Å². The molecule has 1 unspecified atom stereocenters. The maximum Gasteiger partial charge on any atom is 0.0560 e. The Morgan fingerprint density at radius 2 is 1.45 bits per heavy atom. The van der Waals surface area contributed by atoms with Crippen LogP contribution >= 0.6 is 11.6 Å². The van der Waals surface area contributed by atoms with Crippen LogP contribution in [0.5, 0.6) is 0 Å². The summed E-state index contributed by atoms with van der Waals surface area (Å²) in [4.78, 5) is 0. The lowest BCUT2D eigenvalue weighted by molar-refractivity contribution is 0.870. The number of aryl methyl sites for hydroxylation is 1. The monoisotopic (exact) mass is 281 g/mol. The SMILES string of the molecule is Cc1ccccc1C(N)c1ccc(Cl)c2ccccc12.